The van der Waals surface area contributed by atoms with Crippen molar-refractivity contribution in [1.29, 1.82) is 0 Å². The smallest absolute Gasteiger partial charge is 0.253 e. The zero-order valence-corrected chi connectivity index (χ0v) is 19.4. The van der Waals surface area contributed by atoms with E-state index in [0.717, 1.165) is 66.2 Å². The summed E-state index contributed by atoms with van der Waals surface area (Å²) in [6.07, 6.45) is 0. The van der Waals surface area contributed by atoms with E-state index in [9.17, 15) is 4.79 Å². The van der Waals surface area contributed by atoms with Crippen molar-refractivity contribution in [3.63, 3.8) is 0 Å². The van der Waals surface area contributed by atoms with Gasteiger partial charge in [-0.05, 0) is 35.9 Å². The van der Waals surface area contributed by atoms with Gasteiger partial charge in [0.15, 0.2) is 0 Å². The minimum absolute atomic E-state index is 0.0993. The van der Waals surface area contributed by atoms with E-state index in [0.29, 0.717) is 0 Å². The molecule has 4 aromatic rings. The predicted molar refractivity (Wildman–Crippen MR) is 131 cm³/mol. The normalized spacial score (nSPS) is 14.7. The van der Waals surface area contributed by atoms with E-state index in [4.69, 9.17) is 4.98 Å². The molecule has 0 spiro atoms. The molecule has 3 aromatic carbocycles. The first-order valence-electron chi connectivity index (χ1n) is 10.9. The van der Waals surface area contributed by atoms with Crippen LogP contribution in [0, 0.1) is 0 Å². The standard InChI is InChI=1S/C26H25BrN4O/c27-22-10-6-9-21(17-22)26(32)30-15-13-29(14-16-30)19-25-28-23-11-4-5-12-24(23)31(25)18-20-7-2-1-3-8-20/h1-12,17H,13-16,18-19H2. The van der Waals surface area contributed by atoms with Gasteiger partial charge in [0, 0.05) is 42.8 Å². The van der Waals surface area contributed by atoms with Crippen molar-refractivity contribution in [2.45, 2.75) is 13.1 Å². The Bertz CT molecular complexity index is 1230. The molecule has 0 radical (unpaired) electrons. The first-order chi connectivity index (χ1) is 15.7. The molecule has 5 nitrogen and oxygen atoms in total. The topological polar surface area (TPSA) is 41.4 Å². The van der Waals surface area contributed by atoms with Gasteiger partial charge in [-0.2, -0.15) is 0 Å². The maximum atomic E-state index is 12.9. The summed E-state index contributed by atoms with van der Waals surface area (Å²) in [5.74, 6) is 1.17. The lowest BCUT2D eigenvalue weighted by Gasteiger charge is -2.34. The molecule has 0 N–H and O–H groups in total. The lowest BCUT2D eigenvalue weighted by Crippen LogP contribution is -2.48. The molecular formula is C26H25BrN4O. The average molecular weight is 489 g/mol. The molecule has 0 aliphatic carbocycles. The third kappa shape index (κ3) is 4.47. The number of carbonyl (C=O) groups excluding carboxylic acids is 1. The Labute approximate surface area is 196 Å². The van der Waals surface area contributed by atoms with Gasteiger partial charge in [-0.1, -0.05) is 64.5 Å². The number of fused-ring (bicyclic) bond motifs is 1. The van der Waals surface area contributed by atoms with E-state index in [-0.39, 0.29) is 5.91 Å². The Morgan fingerprint density at radius 1 is 0.844 bits per heavy atom. The quantitative estimate of drug-likeness (QED) is 0.404. The SMILES string of the molecule is O=C(c1cccc(Br)c1)N1CCN(Cc2nc3ccccc3n2Cc2ccccc2)CC1. The van der Waals surface area contributed by atoms with Gasteiger partial charge < -0.3 is 9.47 Å². The monoisotopic (exact) mass is 488 g/mol. The molecular weight excluding hydrogens is 464 g/mol. The molecule has 6 heteroatoms. The van der Waals surface area contributed by atoms with Gasteiger partial charge in [0.1, 0.15) is 5.82 Å². The summed E-state index contributed by atoms with van der Waals surface area (Å²) in [6.45, 7) is 4.72. The fourth-order valence-electron chi connectivity index (χ4n) is 4.30. The molecule has 162 valence electrons. The molecule has 1 aliphatic rings. The highest BCUT2D eigenvalue weighted by Gasteiger charge is 2.23. The van der Waals surface area contributed by atoms with Crippen molar-refractivity contribution in [1.82, 2.24) is 19.4 Å². The molecule has 32 heavy (non-hydrogen) atoms. The third-order valence-electron chi connectivity index (χ3n) is 6.01. The average Bonchev–Trinajstić information content (AvgIpc) is 3.16. The Morgan fingerprint density at radius 3 is 2.38 bits per heavy atom. The summed E-state index contributed by atoms with van der Waals surface area (Å²) in [7, 11) is 0. The largest absolute Gasteiger partial charge is 0.336 e. The minimum atomic E-state index is 0.0993. The fourth-order valence-corrected chi connectivity index (χ4v) is 4.70. The highest BCUT2D eigenvalue weighted by molar-refractivity contribution is 9.10. The fraction of sp³-hybridized carbons (Fsp3) is 0.231. The van der Waals surface area contributed by atoms with Gasteiger partial charge in [-0.3, -0.25) is 9.69 Å². The first kappa shape index (κ1) is 20.9. The van der Waals surface area contributed by atoms with Crippen LogP contribution in [0.2, 0.25) is 0 Å². The van der Waals surface area contributed by atoms with Crippen LogP contribution in [0.25, 0.3) is 11.0 Å². The molecule has 5 rings (SSSR count). The van der Waals surface area contributed by atoms with Crippen LogP contribution in [0.1, 0.15) is 21.7 Å². The second-order valence-corrected chi connectivity index (χ2v) is 9.08. The second-order valence-electron chi connectivity index (χ2n) is 8.17. The number of amides is 1. The van der Waals surface area contributed by atoms with E-state index in [1.54, 1.807) is 0 Å². The van der Waals surface area contributed by atoms with Crippen molar-refractivity contribution in [2.75, 3.05) is 26.2 Å². The van der Waals surface area contributed by atoms with Crippen LogP contribution in [0.15, 0.2) is 83.3 Å². The van der Waals surface area contributed by atoms with Gasteiger partial charge in [0.25, 0.3) is 5.91 Å². The van der Waals surface area contributed by atoms with Gasteiger partial charge >= 0.3 is 0 Å². The van der Waals surface area contributed by atoms with Crippen LogP contribution in [-0.4, -0.2) is 51.4 Å². The number of aromatic nitrogens is 2. The molecule has 2 heterocycles. The zero-order valence-electron chi connectivity index (χ0n) is 17.8. The van der Waals surface area contributed by atoms with Crippen molar-refractivity contribution >= 4 is 32.9 Å². The number of carbonyl (C=O) groups is 1. The van der Waals surface area contributed by atoms with Crippen LogP contribution >= 0.6 is 15.9 Å². The highest BCUT2D eigenvalue weighted by atomic mass is 79.9. The number of hydrogen-bond donors (Lipinski definition) is 0. The number of rotatable bonds is 5. The summed E-state index contributed by atoms with van der Waals surface area (Å²) in [6, 6.07) is 26.5. The summed E-state index contributed by atoms with van der Waals surface area (Å²) >= 11 is 3.46. The van der Waals surface area contributed by atoms with Gasteiger partial charge in [0.05, 0.1) is 17.6 Å². The Balaban J connectivity index is 1.30. The van der Waals surface area contributed by atoms with Crippen LogP contribution in [0.5, 0.6) is 0 Å². The Morgan fingerprint density at radius 2 is 1.59 bits per heavy atom. The molecule has 0 unspecified atom stereocenters. The molecule has 1 aromatic heterocycles. The number of benzene rings is 3. The number of para-hydroxylation sites is 2. The van der Waals surface area contributed by atoms with Gasteiger partial charge in [-0.25, -0.2) is 4.98 Å². The van der Waals surface area contributed by atoms with Gasteiger partial charge in [-0.15, -0.1) is 0 Å². The molecule has 0 bridgehead atoms. The zero-order chi connectivity index (χ0) is 21.9. The third-order valence-corrected chi connectivity index (χ3v) is 6.51. The Hall–Kier alpha value is -2.96. The van der Waals surface area contributed by atoms with Crippen LogP contribution in [0.4, 0.5) is 0 Å². The maximum Gasteiger partial charge on any atom is 0.253 e. The maximum absolute atomic E-state index is 12.9. The highest BCUT2D eigenvalue weighted by Crippen LogP contribution is 2.20. The van der Waals surface area contributed by atoms with Crippen molar-refractivity contribution in [3.8, 4) is 0 Å². The predicted octanol–water partition coefficient (Wildman–Crippen LogP) is 4.81. The van der Waals surface area contributed by atoms with E-state index in [1.807, 2.05) is 41.3 Å². The van der Waals surface area contributed by atoms with Crippen molar-refractivity contribution in [2.24, 2.45) is 0 Å². The summed E-state index contributed by atoms with van der Waals surface area (Å²) in [4.78, 5) is 22.2. The van der Waals surface area contributed by atoms with Crippen LogP contribution in [0.3, 0.4) is 0 Å². The second kappa shape index (κ2) is 9.27. The van der Waals surface area contributed by atoms with Crippen molar-refractivity contribution in [3.05, 3.63) is 100 Å². The summed E-state index contributed by atoms with van der Waals surface area (Å²) in [5.41, 5.74) is 4.19. The summed E-state index contributed by atoms with van der Waals surface area (Å²) in [5, 5.41) is 0. The lowest BCUT2D eigenvalue weighted by atomic mass is 10.2. The van der Waals surface area contributed by atoms with Crippen molar-refractivity contribution < 1.29 is 4.79 Å². The molecule has 1 saturated heterocycles. The molecule has 0 atom stereocenters. The number of hydrogen-bond acceptors (Lipinski definition) is 3. The number of imidazole rings is 1. The molecule has 1 amide bonds. The van der Waals surface area contributed by atoms with E-state index in [2.05, 4.69) is 67.9 Å². The lowest BCUT2D eigenvalue weighted by molar-refractivity contribution is 0.0624. The van der Waals surface area contributed by atoms with Crippen LogP contribution < -0.4 is 0 Å². The molecule has 1 fully saturated rings. The number of halogens is 1. The molecule has 0 saturated carbocycles. The summed E-state index contributed by atoms with van der Waals surface area (Å²) < 4.78 is 3.25. The number of nitrogens with zero attached hydrogens (tertiary/aromatic N) is 4. The van der Waals surface area contributed by atoms with E-state index in [1.165, 1.54) is 5.56 Å². The van der Waals surface area contributed by atoms with Crippen LogP contribution in [-0.2, 0) is 13.1 Å². The van der Waals surface area contributed by atoms with Gasteiger partial charge in [0.2, 0.25) is 0 Å². The molecule has 1 aliphatic heterocycles. The van der Waals surface area contributed by atoms with E-state index < -0.39 is 0 Å². The first-order valence-corrected chi connectivity index (χ1v) is 11.7. The minimum Gasteiger partial charge on any atom is -0.336 e. The Kier molecular flexibility index (Phi) is 6.06. The number of piperazine rings is 1. The van der Waals surface area contributed by atoms with E-state index >= 15 is 0 Å².